The molecule has 0 fully saturated rings. The standard InChI is InChI=1S/C16H16N6O/c1-10-5-2-3-7-12(10)22-13-8-4-6-11(13)15(20-22)16(23)18-14-9-17-21-19-14/h2-3,5,7,9H,4,6,8H2,1H3,(H2,17,18,19,21,23). The number of fused-ring (bicyclic) bond motifs is 1. The lowest BCUT2D eigenvalue weighted by molar-refractivity contribution is 0.102. The second-order valence-electron chi connectivity index (χ2n) is 5.64. The Morgan fingerprint density at radius 2 is 2.17 bits per heavy atom. The van der Waals surface area contributed by atoms with Gasteiger partial charge in [0.15, 0.2) is 11.5 Å². The van der Waals surface area contributed by atoms with Crippen LogP contribution in [0.2, 0.25) is 0 Å². The fourth-order valence-electron chi connectivity index (χ4n) is 3.06. The van der Waals surface area contributed by atoms with Gasteiger partial charge in [-0.25, -0.2) is 4.68 Å². The SMILES string of the molecule is Cc1ccccc1-n1nc(C(=O)Nc2cn[nH]n2)c2c1CCC2. The summed E-state index contributed by atoms with van der Waals surface area (Å²) in [5.41, 5.74) is 4.79. The van der Waals surface area contributed by atoms with Crippen molar-refractivity contribution in [3.63, 3.8) is 0 Å². The Kier molecular flexibility index (Phi) is 3.18. The Morgan fingerprint density at radius 3 is 2.96 bits per heavy atom. The second-order valence-corrected chi connectivity index (χ2v) is 5.64. The average molecular weight is 308 g/mol. The summed E-state index contributed by atoms with van der Waals surface area (Å²) in [6.07, 6.45) is 4.33. The summed E-state index contributed by atoms with van der Waals surface area (Å²) in [6, 6.07) is 8.06. The third-order valence-electron chi connectivity index (χ3n) is 4.15. The molecule has 3 aromatic rings. The number of H-pyrrole nitrogens is 1. The molecule has 2 aromatic heterocycles. The van der Waals surface area contributed by atoms with Crippen molar-refractivity contribution < 1.29 is 4.79 Å². The fourth-order valence-corrected chi connectivity index (χ4v) is 3.06. The Labute approximate surface area is 132 Å². The van der Waals surface area contributed by atoms with Crippen molar-refractivity contribution in [1.82, 2.24) is 25.2 Å². The van der Waals surface area contributed by atoms with Crippen LogP contribution in [0.3, 0.4) is 0 Å². The summed E-state index contributed by atoms with van der Waals surface area (Å²) in [6.45, 7) is 2.05. The highest BCUT2D eigenvalue weighted by Crippen LogP contribution is 2.29. The Bertz CT molecular complexity index is 865. The molecule has 0 aliphatic heterocycles. The maximum Gasteiger partial charge on any atom is 0.277 e. The van der Waals surface area contributed by atoms with Crippen molar-refractivity contribution in [2.45, 2.75) is 26.2 Å². The van der Waals surface area contributed by atoms with Crippen molar-refractivity contribution in [1.29, 1.82) is 0 Å². The first-order valence-corrected chi connectivity index (χ1v) is 7.58. The molecule has 1 aromatic carbocycles. The van der Waals surface area contributed by atoms with Gasteiger partial charge in [0.25, 0.3) is 5.91 Å². The van der Waals surface area contributed by atoms with Gasteiger partial charge in [0.2, 0.25) is 0 Å². The number of anilines is 1. The van der Waals surface area contributed by atoms with Gasteiger partial charge in [0, 0.05) is 11.3 Å². The van der Waals surface area contributed by atoms with Crippen LogP contribution >= 0.6 is 0 Å². The molecule has 1 amide bonds. The number of para-hydroxylation sites is 1. The van der Waals surface area contributed by atoms with Crippen LogP contribution < -0.4 is 5.32 Å². The first kappa shape index (κ1) is 13.7. The lowest BCUT2D eigenvalue weighted by Gasteiger charge is -2.08. The van der Waals surface area contributed by atoms with Gasteiger partial charge in [-0.15, -0.1) is 5.10 Å². The van der Waals surface area contributed by atoms with E-state index in [-0.39, 0.29) is 5.91 Å². The summed E-state index contributed by atoms with van der Waals surface area (Å²) >= 11 is 0. The zero-order valence-corrected chi connectivity index (χ0v) is 12.7. The number of carbonyl (C=O) groups is 1. The van der Waals surface area contributed by atoms with E-state index >= 15 is 0 Å². The van der Waals surface area contributed by atoms with Crippen LogP contribution in [0.25, 0.3) is 5.69 Å². The van der Waals surface area contributed by atoms with E-state index in [0.29, 0.717) is 11.5 Å². The number of nitrogens with one attached hydrogen (secondary N) is 2. The van der Waals surface area contributed by atoms with Crippen molar-refractivity contribution in [3.05, 3.63) is 53.0 Å². The lowest BCUT2D eigenvalue weighted by atomic mass is 10.2. The van der Waals surface area contributed by atoms with Crippen molar-refractivity contribution >= 4 is 11.7 Å². The topological polar surface area (TPSA) is 88.5 Å². The van der Waals surface area contributed by atoms with Gasteiger partial charge in [-0.05, 0) is 37.8 Å². The van der Waals surface area contributed by atoms with E-state index in [1.807, 2.05) is 35.9 Å². The summed E-state index contributed by atoms with van der Waals surface area (Å²) in [5, 5.41) is 17.3. The molecule has 0 spiro atoms. The first-order valence-electron chi connectivity index (χ1n) is 7.58. The molecule has 0 radical (unpaired) electrons. The van der Waals surface area contributed by atoms with Gasteiger partial charge in [-0.2, -0.15) is 15.4 Å². The number of rotatable bonds is 3. The molecule has 2 heterocycles. The van der Waals surface area contributed by atoms with E-state index in [4.69, 9.17) is 0 Å². The number of aryl methyl sites for hydroxylation is 1. The number of hydrogen-bond donors (Lipinski definition) is 2. The van der Waals surface area contributed by atoms with E-state index in [9.17, 15) is 4.79 Å². The average Bonchev–Trinajstić information content (AvgIpc) is 3.24. The summed E-state index contributed by atoms with van der Waals surface area (Å²) in [5.74, 6) is 0.150. The van der Waals surface area contributed by atoms with Gasteiger partial charge < -0.3 is 5.32 Å². The zero-order valence-electron chi connectivity index (χ0n) is 12.7. The quantitative estimate of drug-likeness (QED) is 0.775. The summed E-state index contributed by atoms with van der Waals surface area (Å²) in [7, 11) is 0. The minimum absolute atomic E-state index is 0.246. The highest BCUT2D eigenvalue weighted by Gasteiger charge is 2.27. The normalized spacial score (nSPS) is 13.1. The maximum atomic E-state index is 12.5. The molecular weight excluding hydrogens is 292 g/mol. The van der Waals surface area contributed by atoms with Crippen LogP contribution in [0, 0.1) is 6.92 Å². The molecule has 0 bridgehead atoms. The lowest BCUT2D eigenvalue weighted by Crippen LogP contribution is -2.15. The molecule has 7 heteroatoms. The van der Waals surface area contributed by atoms with Crippen molar-refractivity contribution in [2.75, 3.05) is 5.32 Å². The number of carbonyl (C=O) groups excluding carboxylic acids is 1. The Hall–Kier alpha value is -2.96. The van der Waals surface area contributed by atoms with Crippen LogP contribution in [0.15, 0.2) is 30.5 Å². The van der Waals surface area contributed by atoms with Crippen molar-refractivity contribution in [2.24, 2.45) is 0 Å². The molecule has 0 saturated heterocycles. The molecule has 2 N–H and O–H groups in total. The number of aromatic amines is 1. The molecule has 0 unspecified atom stereocenters. The second kappa shape index (κ2) is 5.35. The molecule has 7 nitrogen and oxygen atoms in total. The van der Waals surface area contributed by atoms with Crippen LogP contribution in [0.5, 0.6) is 0 Å². The maximum absolute atomic E-state index is 12.5. The third kappa shape index (κ3) is 2.30. The zero-order chi connectivity index (χ0) is 15.8. The van der Waals surface area contributed by atoms with Crippen LogP contribution in [-0.4, -0.2) is 31.1 Å². The summed E-state index contributed by atoms with van der Waals surface area (Å²) < 4.78 is 1.91. The molecule has 0 saturated carbocycles. The number of benzene rings is 1. The molecule has 23 heavy (non-hydrogen) atoms. The molecule has 116 valence electrons. The van der Waals surface area contributed by atoms with Gasteiger partial charge in [-0.1, -0.05) is 18.2 Å². The molecule has 1 aliphatic rings. The van der Waals surface area contributed by atoms with E-state index in [0.717, 1.165) is 41.8 Å². The van der Waals surface area contributed by atoms with Crippen LogP contribution in [0.4, 0.5) is 5.82 Å². The largest absolute Gasteiger partial charge is 0.302 e. The van der Waals surface area contributed by atoms with Gasteiger partial charge in [-0.3, -0.25) is 4.79 Å². The monoisotopic (exact) mass is 308 g/mol. The molecule has 1 aliphatic carbocycles. The highest BCUT2D eigenvalue weighted by atomic mass is 16.2. The minimum Gasteiger partial charge on any atom is -0.302 e. The molecule has 4 rings (SSSR count). The Balaban J connectivity index is 1.76. The minimum atomic E-state index is -0.246. The van der Waals surface area contributed by atoms with Gasteiger partial charge >= 0.3 is 0 Å². The smallest absolute Gasteiger partial charge is 0.277 e. The molecule has 0 atom stereocenters. The number of hydrogen-bond acceptors (Lipinski definition) is 4. The summed E-state index contributed by atoms with van der Waals surface area (Å²) in [4.78, 5) is 12.5. The fraction of sp³-hybridized carbons (Fsp3) is 0.250. The first-order chi connectivity index (χ1) is 11.2. The van der Waals surface area contributed by atoms with Crippen LogP contribution in [0.1, 0.15) is 33.7 Å². The van der Waals surface area contributed by atoms with Gasteiger partial charge in [0.1, 0.15) is 0 Å². The third-order valence-corrected chi connectivity index (χ3v) is 4.15. The van der Waals surface area contributed by atoms with E-state index < -0.39 is 0 Å². The Morgan fingerprint density at radius 1 is 1.30 bits per heavy atom. The number of amides is 1. The van der Waals surface area contributed by atoms with Gasteiger partial charge in [0.05, 0.1) is 11.9 Å². The van der Waals surface area contributed by atoms with Crippen molar-refractivity contribution in [3.8, 4) is 5.69 Å². The van der Waals surface area contributed by atoms with E-state index in [1.54, 1.807) is 0 Å². The number of aromatic nitrogens is 5. The predicted molar refractivity (Wildman–Crippen MR) is 84.7 cm³/mol. The highest BCUT2D eigenvalue weighted by molar-refractivity contribution is 6.03. The van der Waals surface area contributed by atoms with E-state index in [1.165, 1.54) is 6.20 Å². The molecular formula is C16H16N6O. The predicted octanol–water partition coefficient (Wildman–Crippen LogP) is 2.04. The van der Waals surface area contributed by atoms with E-state index in [2.05, 4.69) is 25.8 Å². The van der Waals surface area contributed by atoms with Crippen LogP contribution in [-0.2, 0) is 12.8 Å². The number of nitrogens with zero attached hydrogens (tertiary/aromatic N) is 4.